The number of H-pyrrole nitrogens is 1. The molecule has 0 aliphatic heterocycles. The van der Waals surface area contributed by atoms with Crippen molar-refractivity contribution < 1.29 is 9.90 Å². The number of aromatic amines is 1. The molecule has 4 nitrogen and oxygen atoms in total. The number of para-hydroxylation sites is 1. The van der Waals surface area contributed by atoms with E-state index in [-0.39, 0.29) is 0 Å². The van der Waals surface area contributed by atoms with Gasteiger partial charge in [0.05, 0.1) is 11.7 Å². The van der Waals surface area contributed by atoms with Crippen LogP contribution in [0.2, 0.25) is 0 Å². The van der Waals surface area contributed by atoms with Crippen molar-refractivity contribution >= 4 is 22.9 Å². The van der Waals surface area contributed by atoms with Gasteiger partial charge in [-0.25, -0.2) is 4.79 Å². The number of benzene rings is 1. The summed E-state index contributed by atoms with van der Waals surface area (Å²) >= 11 is 0. The van der Waals surface area contributed by atoms with Gasteiger partial charge in [-0.2, -0.15) is 5.10 Å². The molecule has 4 heteroatoms. The molecule has 2 rings (SSSR count). The zero-order valence-corrected chi connectivity index (χ0v) is 7.27. The Morgan fingerprint density at radius 1 is 1.50 bits per heavy atom. The molecular formula is C10H8N2O2. The lowest BCUT2D eigenvalue weighted by Gasteiger charge is -1.94. The molecule has 0 amide bonds. The lowest BCUT2D eigenvalue weighted by Crippen LogP contribution is -1.86. The van der Waals surface area contributed by atoms with Crippen molar-refractivity contribution in [2.45, 2.75) is 0 Å². The molecule has 0 aliphatic rings. The molecule has 0 radical (unpaired) electrons. The molecule has 1 aromatic carbocycles. The summed E-state index contributed by atoms with van der Waals surface area (Å²) in [7, 11) is 0. The van der Waals surface area contributed by atoms with Crippen LogP contribution in [0.25, 0.3) is 17.0 Å². The van der Waals surface area contributed by atoms with Crippen LogP contribution >= 0.6 is 0 Å². The fraction of sp³-hybridized carbons (Fsp3) is 0. The number of aromatic nitrogens is 2. The molecular weight excluding hydrogens is 180 g/mol. The van der Waals surface area contributed by atoms with Gasteiger partial charge in [0, 0.05) is 17.0 Å². The Kier molecular flexibility index (Phi) is 2.02. The first kappa shape index (κ1) is 8.50. The Labute approximate surface area is 79.9 Å². The van der Waals surface area contributed by atoms with E-state index in [1.54, 1.807) is 12.3 Å². The number of carboxylic acids is 1. The number of nitrogens with one attached hydrogen (secondary N) is 1. The summed E-state index contributed by atoms with van der Waals surface area (Å²) in [6.07, 6.45) is 4.35. The predicted octanol–water partition coefficient (Wildman–Crippen LogP) is 1.66. The fourth-order valence-corrected chi connectivity index (χ4v) is 1.29. The van der Waals surface area contributed by atoms with Crippen LogP contribution in [0, 0.1) is 0 Å². The first-order valence-corrected chi connectivity index (χ1v) is 4.10. The predicted molar refractivity (Wildman–Crippen MR) is 52.8 cm³/mol. The van der Waals surface area contributed by atoms with Crippen LogP contribution in [-0.4, -0.2) is 21.3 Å². The molecule has 0 unspecified atom stereocenters. The minimum Gasteiger partial charge on any atom is -0.478 e. The van der Waals surface area contributed by atoms with Gasteiger partial charge in [0.1, 0.15) is 0 Å². The maximum atomic E-state index is 10.3. The number of carbonyl (C=O) groups is 1. The summed E-state index contributed by atoms with van der Waals surface area (Å²) in [6.45, 7) is 0. The summed E-state index contributed by atoms with van der Waals surface area (Å²) in [6, 6.07) is 5.61. The van der Waals surface area contributed by atoms with Crippen molar-refractivity contribution in [1.82, 2.24) is 10.2 Å². The lowest BCUT2D eigenvalue weighted by molar-refractivity contribution is -0.131. The van der Waals surface area contributed by atoms with Gasteiger partial charge >= 0.3 is 5.97 Å². The van der Waals surface area contributed by atoms with Crippen LogP contribution in [0.5, 0.6) is 0 Å². The van der Waals surface area contributed by atoms with Gasteiger partial charge in [-0.05, 0) is 6.08 Å². The summed E-state index contributed by atoms with van der Waals surface area (Å²) < 4.78 is 0. The number of nitrogens with zero attached hydrogens (tertiary/aromatic N) is 1. The van der Waals surface area contributed by atoms with Crippen LogP contribution in [-0.2, 0) is 4.79 Å². The first-order valence-electron chi connectivity index (χ1n) is 4.10. The fourth-order valence-electron chi connectivity index (χ4n) is 1.29. The van der Waals surface area contributed by atoms with Crippen molar-refractivity contribution in [1.29, 1.82) is 0 Å². The van der Waals surface area contributed by atoms with E-state index < -0.39 is 5.97 Å². The molecule has 1 aromatic heterocycles. The Hall–Kier alpha value is -2.10. The van der Waals surface area contributed by atoms with Crippen molar-refractivity contribution in [2.75, 3.05) is 0 Å². The molecule has 0 spiro atoms. The van der Waals surface area contributed by atoms with Crippen molar-refractivity contribution in [2.24, 2.45) is 0 Å². The summed E-state index contributed by atoms with van der Waals surface area (Å²) in [4.78, 5) is 10.3. The van der Waals surface area contributed by atoms with E-state index in [1.165, 1.54) is 0 Å². The van der Waals surface area contributed by atoms with Gasteiger partial charge in [-0.3, -0.25) is 5.10 Å². The van der Waals surface area contributed by atoms with Crippen LogP contribution in [0.3, 0.4) is 0 Å². The average molecular weight is 188 g/mol. The molecule has 0 saturated carbocycles. The molecule has 0 saturated heterocycles. The highest BCUT2D eigenvalue weighted by Gasteiger charge is 1.99. The highest BCUT2D eigenvalue weighted by molar-refractivity contribution is 5.91. The van der Waals surface area contributed by atoms with Crippen molar-refractivity contribution in [3.8, 4) is 0 Å². The third-order valence-electron chi connectivity index (χ3n) is 1.91. The topological polar surface area (TPSA) is 66.0 Å². The maximum absolute atomic E-state index is 10.3. The van der Waals surface area contributed by atoms with Crippen LogP contribution in [0.4, 0.5) is 0 Å². The molecule has 0 aliphatic carbocycles. The van der Waals surface area contributed by atoms with E-state index in [9.17, 15) is 4.79 Å². The van der Waals surface area contributed by atoms with E-state index in [0.29, 0.717) is 0 Å². The van der Waals surface area contributed by atoms with Gasteiger partial charge in [0.2, 0.25) is 0 Å². The van der Waals surface area contributed by atoms with Crippen LogP contribution in [0.1, 0.15) is 5.56 Å². The molecule has 2 N–H and O–H groups in total. The lowest BCUT2D eigenvalue weighted by atomic mass is 10.1. The quantitative estimate of drug-likeness (QED) is 0.704. The van der Waals surface area contributed by atoms with Gasteiger partial charge in [-0.15, -0.1) is 0 Å². The molecule has 0 bridgehead atoms. The van der Waals surface area contributed by atoms with E-state index in [4.69, 9.17) is 5.11 Å². The minimum atomic E-state index is -0.957. The minimum absolute atomic E-state index is 0.822. The Morgan fingerprint density at radius 3 is 3.14 bits per heavy atom. The smallest absolute Gasteiger partial charge is 0.328 e. The summed E-state index contributed by atoms with van der Waals surface area (Å²) in [5.74, 6) is -0.957. The van der Waals surface area contributed by atoms with E-state index in [2.05, 4.69) is 10.2 Å². The average Bonchev–Trinajstić information content (AvgIpc) is 2.62. The van der Waals surface area contributed by atoms with Gasteiger partial charge < -0.3 is 5.11 Å². The molecule has 70 valence electrons. The van der Waals surface area contributed by atoms with Crippen LogP contribution in [0.15, 0.2) is 30.5 Å². The zero-order chi connectivity index (χ0) is 9.97. The van der Waals surface area contributed by atoms with Gasteiger partial charge in [0.15, 0.2) is 0 Å². The number of rotatable bonds is 2. The maximum Gasteiger partial charge on any atom is 0.328 e. The number of fused-ring (bicyclic) bond motifs is 1. The second-order valence-electron chi connectivity index (χ2n) is 2.85. The zero-order valence-electron chi connectivity index (χ0n) is 7.27. The third kappa shape index (κ3) is 1.50. The number of aliphatic carboxylic acids is 1. The molecule has 14 heavy (non-hydrogen) atoms. The van der Waals surface area contributed by atoms with Crippen LogP contribution < -0.4 is 0 Å². The molecule has 1 heterocycles. The molecule has 0 fully saturated rings. The first-order chi connectivity index (χ1) is 6.77. The van der Waals surface area contributed by atoms with E-state index >= 15 is 0 Å². The van der Waals surface area contributed by atoms with Crippen molar-refractivity contribution in [3.05, 3.63) is 36.0 Å². The Morgan fingerprint density at radius 2 is 2.36 bits per heavy atom. The largest absolute Gasteiger partial charge is 0.478 e. The van der Waals surface area contributed by atoms with Gasteiger partial charge in [-0.1, -0.05) is 18.2 Å². The monoisotopic (exact) mass is 188 g/mol. The van der Waals surface area contributed by atoms with E-state index in [0.717, 1.165) is 22.5 Å². The third-order valence-corrected chi connectivity index (χ3v) is 1.91. The Balaban J connectivity index is 2.51. The SMILES string of the molecule is O=C(O)/C=C/c1cccc2cn[nH]c12. The highest BCUT2D eigenvalue weighted by atomic mass is 16.4. The summed E-state index contributed by atoms with van der Waals surface area (Å²) in [5, 5.41) is 16.2. The second-order valence-corrected chi connectivity index (χ2v) is 2.85. The molecule has 2 aromatic rings. The number of carboxylic acid groups (broad SMARTS) is 1. The standard InChI is InChI=1S/C10H8N2O2/c13-9(14)5-4-7-2-1-3-8-6-11-12-10(7)8/h1-6H,(H,11,12)(H,13,14)/b5-4+. The van der Waals surface area contributed by atoms with Crippen molar-refractivity contribution in [3.63, 3.8) is 0 Å². The molecule has 0 atom stereocenters. The normalized spacial score (nSPS) is 11.1. The number of hydrogen-bond donors (Lipinski definition) is 2. The number of hydrogen-bond acceptors (Lipinski definition) is 2. The highest BCUT2D eigenvalue weighted by Crippen LogP contribution is 2.16. The second kappa shape index (κ2) is 3.33. The summed E-state index contributed by atoms with van der Waals surface area (Å²) in [5.41, 5.74) is 1.67. The Bertz CT molecular complexity index is 500. The van der Waals surface area contributed by atoms with Gasteiger partial charge in [0.25, 0.3) is 0 Å². The van der Waals surface area contributed by atoms with E-state index in [1.807, 2.05) is 18.2 Å².